The summed E-state index contributed by atoms with van der Waals surface area (Å²) in [6.07, 6.45) is 0. The van der Waals surface area contributed by atoms with Gasteiger partial charge in [-0.3, -0.25) is 0 Å². The largest absolute Gasteiger partial charge is 0.447 e. The molecule has 0 aliphatic rings. The molecule has 3 rings (SSSR count). The number of furan rings is 1. The highest BCUT2D eigenvalue weighted by Gasteiger charge is 2.16. The first-order valence-electron chi connectivity index (χ1n) is 5.60. The van der Waals surface area contributed by atoms with Gasteiger partial charge < -0.3 is 4.42 Å². The number of benzene rings is 2. The minimum absolute atomic E-state index is 0.773. The predicted octanol–water partition coefficient (Wildman–Crippen LogP) is 5.93. The van der Waals surface area contributed by atoms with Crippen molar-refractivity contribution in [2.75, 3.05) is 0 Å². The van der Waals surface area contributed by atoms with Crippen LogP contribution in [0.25, 0.3) is 22.1 Å². The van der Waals surface area contributed by atoms with Crippen LogP contribution in [0.15, 0.2) is 56.0 Å². The van der Waals surface area contributed by atoms with Crippen LogP contribution in [0.2, 0.25) is 0 Å². The summed E-state index contributed by atoms with van der Waals surface area (Å²) in [5.41, 5.74) is 4.35. The fourth-order valence-corrected chi connectivity index (χ4v) is 3.40. The quantitative estimate of drug-likeness (QED) is 0.520. The summed E-state index contributed by atoms with van der Waals surface area (Å²) in [6, 6.07) is 14.5. The highest BCUT2D eigenvalue weighted by molar-refractivity contribution is 9.11. The Kier molecular flexibility index (Phi) is 3.04. The summed E-state index contributed by atoms with van der Waals surface area (Å²) in [7, 11) is 0. The molecule has 0 saturated heterocycles. The van der Waals surface area contributed by atoms with Gasteiger partial charge in [0, 0.05) is 10.9 Å². The van der Waals surface area contributed by atoms with Crippen molar-refractivity contribution in [3.05, 3.63) is 57.2 Å². The van der Waals surface area contributed by atoms with E-state index in [-0.39, 0.29) is 0 Å². The van der Waals surface area contributed by atoms with Crippen molar-refractivity contribution >= 4 is 42.8 Å². The molecule has 18 heavy (non-hydrogen) atoms. The highest BCUT2D eigenvalue weighted by atomic mass is 79.9. The third kappa shape index (κ3) is 1.91. The van der Waals surface area contributed by atoms with E-state index in [2.05, 4.69) is 63.0 Å². The van der Waals surface area contributed by atoms with Crippen LogP contribution in [0.1, 0.15) is 5.56 Å². The lowest BCUT2D eigenvalue weighted by Crippen LogP contribution is -1.78. The molecule has 0 spiro atoms. The fraction of sp³-hybridized carbons (Fsp3) is 0.0667. The molecule has 0 radical (unpaired) electrons. The second-order valence-corrected chi connectivity index (χ2v) is 5.81. The molecule has 90 valence electrons. The summed E-state index contributed by atoms with van der Waals surface area (Å²) in [4.78, 5) is 0. The topological polar surface area (TPSA) is 13.1 Å². The number of hydrogen-bond acceptors (Lipinski definition) is 1. The van der Waals surface area contributed by atoms with E-state index in [1.165, 1.54) is 5.56 Å². The zero-order valence-electron chi connectivity index (χ0n) is 9.71. The molecule has 0 fully saturated rings. The van der Waals surface area contributed by atoms with E-state index in [1.54, 1.807) is 0 Å². The Morgan fingerprint density at radius 1 is 1.00 bits per heavy atom. The van der Waals surface area contributed by atoms with Crippen LogP contribution in [-0.2, 0) is 0 Å². The summed E-state index contributed by atoms with van der Waals surface area (Å²) in [5.74, 6) is 0. The van der Waals surface area contributed by atoms with Gasteiger partial charge in [-0.2, -0.15) is 0 Å². The Hall–Kier alpha value is -1.06. The van der Waals surface area contributed by atoms with E-state index < -0.39 is 0 Å². The predicted molar refractivity (Wildman–Crippen MR) is 81.8 cm³/mol. The zero-order valence-corrected chi connectivity index (χ0v) is 12.9. The van der Waals surface area contributed by atoms with Gasteiger partial charge in [-0.05, 0) is 62.0 Å². The maximum atomic E-state index is 5.81. The number of halogens is 2. The van der Waals surface area contributed by atoms with Gasteiger partial charge in [0.1, 0.15) is 5.58 Å². The summed E-state index contributed by atoms with van der Waals surface area (Å²) in [6.45, 7) is 2.08. The van der Waals surface area contributed by atoms with Gasteiger partial charge in [-0.15, -0.1) is 0 Å². The van der Waals surface area contributed by atoms with E-state index in [0.29, 0.717) is 0 Å². The first kappa shape index (κ1) is 12.0. The zero-order chi connectivity index (χ0) is 12.7. The fourth-order valence-electron chi connectivity index (χ4n) is 2.14. The SMILES string of the molecule is Cc1cc(Br)c2oc(Br)c(-c3ccccc3)c2c1. The van der Waals surface area contributed by atoms with Crippen molar-refractivity contribution in [3.63, 3.8) is 0 Å². The van der Waals surface area contributed by atoms with Crippen LogP contribution in [0.5, 0.6) is 0 Å². The van der Waals surface area contributed by atoms with Crippen LogP contribution in [0.3, 0.4) is 0 Å². The van der Waals surface area contributed by atoms with Crippen LogP contribution in [-0.4, -0.2) is 0 Å². The molecule has 2 aromatic carbocycles. The smallest absolute Gasteiger partial charge is 0.178 e. The second-order valence-electron chi connectivity index (χ2n) is 4.24. The molecule has 0 aliphatic heterocycles. The van der Waals surface area contributed by atoms with E-state index in [4.69, 9.17) is 4.42 Å². The average Bonchev–Trinajstić information content (AvgIpc) is 2.67. The summed E-state index contributed by atoms with van der Waals surface area (Å²) < 4.78 is 7.57. The van der Waals surface area contributed by atoms with Gasteiger partial charge in [0.2, 0.25) is 0 Å². The van der Waals surface area contributed by atoms with E-state index in [1.807, 2.05) is 18.2 Å². The first-order valence-corrected chi connectivity index (χ1v) is 7.19. The van der Waals surface area contributed by atoms with Crippen molar-refractivity contribution in [2.45, 2.75) is 6.92 Å². The number of fused-ring (bicyclic) bond motifs is 1. The molecule has 0 N–H and O–H groups in total. The molecular formula is C15H10Br2O. The second kappa shape index (κ2) is 4.56. The lowest BCUT2D eigenvalue weighted by Gasteiger charge is -2.00. The minimum atomic E-state index is 0.773. The van der Waals surface area contributed by atoms with E-state index in [0.717, 1.165) is 31.2 Å². The average molecular weight is 366 g/mol. The van der Waals surface area contributed by atoms with Gasteiger partial charge >= 0.3 is 0 Å². The van der Waals surface area contributed by atoms with Crippen molar-refractivity contribution in [2.24, 2.45) is 0 Å². The van der Waals surface area contributed by atoms with Gasteiger partial charge in [-0.25, -0.2) is 0 Å². The molecule has 3 heteroatoms. The minimum Gasteiger partial charge on any atom is -0.447 e. The molecule has 1 aromatic heterocycles. The third-order valence-electron chi connectivity index (χ3n) is 2.91. The Balaban J connectivity index is 2.39. The van der Waals surface area contributed by atoms with Gasteiger partial charge in [-0.1, -0.05) is 30.3 Å². The molecule has 1 nitrogen and oxygen atoms in total. The van der Waals surface area contributed by atoms with Crippen LogP contribution in [0.4, 0.5) is 0 Å². The lowest BCUT2D eigenvalue weighted by atomic mass is 10.0. The van der Waals surface area contributed by atoms with Gasteiger partial charge in [0.15, 0.2) is 4.67 Å². The van der Waals surface area contributed by atoms with Gasteiger partial charge in [0.25, 0.3) is 0 Å². The molecule has 0 amide bonds. The first-order chi connectivity index (χ1) is 8.66. The maximum absolute atomic E-state index is 5.81. The van der Waals surface area contributed by atoms with Crippen LogP contribution < -0.4 is 0 Å². The molecule has 0 aliphatic carbocycles. The van der Waals surface area contributed by atoms with Crippen molar-refractivity contribution in [1.82, 2.24) is 0 Å². The molecule has 0 saturated carbocycles. The molecular weight excluding hydrogens is 356 g/mol. The highest BCUT2D eigenvalue weighted by Crippen LogP contribution is 2.41. The van der Waals surface area contributed by atoms with Crippen LogP contribution >= 0.6 is 31.9 Å². The van der Waals surface area contributed by atoms with Crippen LogP contribution in [0, 0.1) is 6.92 Å². The molecule has 0 unspecified atom stereocenters. The Labute approximate surface area is 122 Å². The Morgan fingerprint density at radius 3 is 2.44 bits per heavy atom. The molecule has 3 aromatic rings. The Morgan fingerprint density at radius 2 is 1.72 bits per heavy atom. The molecule has 1 heterocycles. The number of hydrogen-bond donors (Lipinski definition) is 0. The third-order valence-corrected chi connectivity index (χ3v) is 4.06. The maximum Gasteiger partial charge on any atom is 0.178 e. The normalized spacial score (nSPS) is 11.1. The molecule has 0 bridgehead atoms. The van der Waals surface area contributed by atoms with Crippen molar-refractivity contribution in [3.8, 4) is 11.1 Å². The summed E-state index contributed by atoms with van der Waals surface area (Å²) >= 11 is 7.07. The summed E-state index contributed by atoms with van der Waals surface area (Å²) in [5, 5.41) is 1.12. The van der Waals surface area contributed by atoms with Crippen molar-refractivity contribution < 1.29 is 4.42 Å². The van der Waals surface area contributed by atoms with E-state index in [9.17, 15) is 0 Å². The standard InChI is InChI=1S/C15H10Br2O/c1-9-7-11-13(10-5-3-2-4-6-10)15(17)18-14(11)12(16)8-9/h2-8H,1H3. The number of aryl methyl sites for hydroxylation is 1. The lowest BCUT2D eigenvalue weighted by molar-refractivity contribution is 0.587. The number of rotatable bonds is 1. The van der Waals surface area contributed by atoms with E-state index >= 15 is 0 Å². The van der Waals surface area contributed by atoms with Crippen molar-refractivity contribution in [1.29, 1.82) is 0 Å². The Bertz CT molecular complexity index is 714. The molecule has 0 atom stereocenters. The monoisotopic (exact) mass is 364 g/mol. The van der Waals surface area contributed by atoms with Gasteiger partial charge in [0.05, 0.1) is 4.47 Å².